The fourth-order valence-corrected chi connectivity index (χ4v) is 3.20. The molecule has 0 aliphatic carbocycles. The molecule has 4 nitrogen and oxygen atoms in total. The zero-order chi connectivity index (χ0) is 19.1. The Balaban J connectivity index is 2.50. The molecular weight excluding hydrogens is 347 g/mol. The van der Waals surface area contributed by atoms with Gasteiger partial charge in [0.1, 0.15) is 0 Å². The normalized spacial score (nSPS) is 14.2. The van der Waals surface area contributed by atoms with Gasteiger partial charge in [0.25, 0.3) is 5.60 Å². The number of halogens is 3. The molecule has 136 valence electrons. The Hall–Kier alpha value is -2.80. The van der Waals surface area contributed by atoms with Crippen molar-refractivity contribution in [1.82, 2.24) is 4.57 Å². The van der Waals surface area contributed by atoms with Crippen LogP contribution in [0.3, 0.4) is 0 Å². The van der Waals surface area contributed by atoms with Crippen LogP contribution in [-0.4, -0.2) is 28.9 Å². The van der Waals surface area contributed by atoms with Crippen molar-refractivity contribution < 1.29 is 27.8 Å². The monoisotopic (exact) mass is 363 g/mol. The highest BCUT2D eigenvalue weighted by molar-refractivity contribution is 5.98. The SMILES string of the molecule is COC(=O)[C@@](O)(c1c(-c2ccccc2)n(C)c2ccccc12)C(F)(F)F. The molecule has 0 saturated carbocycles. The summed E-state index contributed by atoms with van der Waals surface area (Å²) in [6.45, 7) is 0. The number of nitrogens with zero attached hydrogens (tertiary/aromatic N) is 1. The molecule has 0 fully saturated rings. The van der Waals surface area contributed by atoms with Crippen LogP contribution in [0.1, 0.15) is 5.56 Å². The lowest BCUT2D eigenvalue weighted by atomic mass is 9.88. The van der Waals surface area contributed by atoms with Gasteiger partial charge in [0.15, 0.2) is 0 Å². The molecule has 1 N–H and O–H groups in total. The fourth-order valence-electron chi connectivity index (χ4n) is 3.20. The van der Waals surface area contributed by atoms with Gasteiger partial charge in [-0.15, -0.1) is 0 Å². The second kappa shape index (κ2) is 6.17. The third kappa shape index (κ3) is 2.47. The Kier molecular flexibility index (Phi) is 4.28. The van der Waals surface area contributed by atoms with E-state index in [9.17, 15) is 23.1 Å². The lowest BCUT2D eigenvalue weighted by Crippen LogP contribution is -2.50. The second-order valence-corrected chi connectivity index (χ2v) is 5.87. The molecule has 2 aromatic carbocycles. The Labute approximate surface area is 147 Å². The first kappa shape index (κ1) is 18.0. The first-order valence-corrected chi connectivity index (χ1v) is 7.74. The molecule has 1 aromatic heterocycles. The first-order chi connectivity index (χ1) is 12.2. The van der Waals surface area contributed by atoms with Crippen LogP contribution in [0.25, 0.3) is 22.2 Å². The van der Waals surface area contributed by atoms with Crippen LogP contribution in [0.4, 0.5) is 13.2 Å². The number of esters is 1. The Morgan fingerprint density at radius 1 is 1.04 bits per heavy atom. The molecule has 0 aliphatic heterocycles. The number of aromatic nitrogens is 1. The average Bonchev–Trinajstić information content (AvgIpc) is 2.93. The summed E-state index contributed by atoms with van der Waals surface area (Å²) in [5, 5.41) is 10.8. The number of rotatable bonds is 3. The van der Waals surface area contributed by atoms with Gasteiger partial charge in [0, 0.05) is 23.5 Å². The first-order valence-electron chi connectivity index (χ1n) is 7.74. The minimum atomic E-state index is -5.27. The molecule has 0 spiro atoms. The Morgan fingerprint density at radius 2 is 1.62 bits per heavy atom. The topological polar surface area (TPSA) is 51.5 Å². The van der Waals surface area contributed by atoms with Gasteiger partial charge in [-0.3, -0.25) is 0 Å². The highest BCUT2D eigenvalue weighted by atomic mass is 19.4. The molecule has 0 unspecified atom stereocenters. The summed E-state index contributed by atoms with van der Waals surface area (Å²) in [6, 6.07) is 14.6. The minimum absolute atomic E-state index is 0.0945. The Morgan fingerprint density at radius 3 is 2.19 bits per heavy atom. The smallest absolute Gasteiger partial charge is 0.432 e. The van der Waals surface area contributed by atoms with Crippen LogP contribution in [0.5, 0.6) is 0 Å². The van der Waals surface area contributed by atoms with E-state index in [0.29, 0.717) is 11.1 Å². The summed E-state index contributed by atoms with van der Waals surface area (Å²) in [4.78, 5) is 12.1. The molecular formula is C19H16F3NO3. The van der Waals surface area contributed by atoms with E-state index < -0.39 is 23.3 Å². The van der Waals surface area contributed by atoms with Crippen molar-refractivity contribution in [3.05, 3.63) is 60.2 Å². The molecule has 0 radical (unpaired) electrons. The molecule has 3 aromatic rings. The lowest BCUT2D eigenvalue weighted by molar-refractivity contribution is -0.266. The number of carbonyl (C=O) groups excluding carboxylic acids is 1. The van der Waals surface area contributed by atoms with Crippen LogP contribution in [0, 0.1) is 0 Å². The molecule has 7 heteroatoms. The van der Waals surface area contributed by atoms with E-state index in [0.717, 1.165) is 7.11 Å². The second-order valence-electron chi connectivity index (χ2n) is 5.87. The molecule has 0 bridgehead atoms. The summed E-state index contributed by atoms with van der Waals surface area (Å²) in [5.74, 6) is -1.78. The van der Waals surface area contributed by atoms with Gasteiger partial charge in [0.05, 0.1) is 12.8 Å². The van der Waals surface area contributed by atoms with Crippen molar-refractivity contribution in [2.45, 2.75) is 11.8 Å². The van der Waals surface area contributed by atoms with Crippen molar-refractivity contribution in [1.29, 1.82) is 0 Å². The van der Waals surface area contributed by atoms with Crippen molar-refractivity contribution in [2.75, 3.05) is 7.11 Å². The molecule has 26 heavy (non-hydrogen) atoms. The maximum absolute atomic E-state index is 13.9. The van der Waals surface area contributed by atoms with Gasteiger partial charge in [-0.1, -0.05) is 48.5 Å². The summed E-state index contributed by atoms with van der Waals surface area (Å²) in [7, 11) is 2.40. The van der Waals surface area contributed by atoms with Crippen LogP contribution >= 0.6 is 0 Å². The molecule has 0 aliphatic rings. The van der Waals surface area contributed by atoms with E-state index >= 15 is 0 Å². The minimum Gasteiger partial charge on any atom is -0.466 e. The quantitative estimate of drug-likeness (QED) is 0.721. The van der Waals surface area contributed by atoms with Crippen molar-refractivity contribution >= 4 is 16.9 Å². The lowest BCUT2D eigenvalue weighted by Gasteiger charge is -2.29. The van der Waals surface area contributed by atoms with Crippen LogP contribution in [-0.2, 0) is 22.2 Å². The number of carbonyl (C=O) groups is 1. The summed E-state index contributed by atoms with van der Waals surface area (Å²) in [6.07, 6.45) is -5.27. The van der Waals surface area contributed by atoms with Gasteiger partial charge in [-0.25, -0.2) is 4.79 Å². The van der Waals surface area contributed by atoms with Gasteiger partial charge < -0.3 is 14.4 Å². The number of hydrogen-bond donors (Lipinski definition) is 1. The zero-order valence-electron chi connectivity index (χ0n) is 14.0. The van der Waals surface area contributed by atoms with Gasteiger partial charge in [-0.2, -0.15) is 13.2 Å². The summed E-state index contributed by atoms with van der Waals surface area (Å²) in [5.41, 5.74) is -3.35. The standard InChI is InChI=1S/C19H16F3NO3/c1-23-14-11-7-6-10-13(14)15(16(23)12-8-4-3-5-9-12)18(25,17(24)26-2)19(20,21)22/h3-11,25H,1-2H3/t18-/m0/s1. The molecule has 1 atom stereocenters. The summed E-state index contributed by atoms with van der Waals surface area (Å²) >= 11 is 0. The molecule has 0 saturated heterocycles. The number of fused-ring (bicyclic) bond motifs is 1. The van der Waals surface area contributed by atoms with Crippen LogP contribution in [0.2, 0.25) is 0 Å². The van der Waals surface area contributed by atoms with Gasteiger partial charge in [0.2, 0.25) is 0 Å². The van der Waals surface area contributed by atoms with Crippen LogP contribution in [0.15, 0.2) is 54.6 Å². The fraction of sp³-hybridized carbons (Fsp3) is 0.211. The number of para-hydroxylation sites is 1. The predicted molar refractivity (Wildman–Crippen MR) is 90.3 cm³/mol. The third-order valence-electron chi connectivity index (χ3n) is 4.41. The number of aryl methyl sites for hydroxylation is 1. The predicted octanol–water partition coefficient (Wildman–Crippen LogP) is 3.77. The summed E-state index contributed by atoms with van der Waals surface area (Å²) < 4.78 is 47.6. The number of aliphatic hydroxyl groups is 1. The van der Waals surface area contributed by atoms with E-state index in [-0.39, 0.29) is 11.1 Å². The van der Waals surface area contributed by atoms with Crippen molar-refractivity contribution in [3.63, 3.8) is 0 Å². The third-order valence-corrected chi connectivity index (χ3v) is 4.41. The molecule has 1 heterocycles. The number of benzene rings is 2. The Bertz CT molecular complexity index is 963. The van der Waals surface area contributed by atoms with Gasteiger partial charge in [-0.05, 0) is 11.6 Å². The maximum atomic E-state index is 13.9. The van der Waals surface area contributed by atoms with Crippen LogP contribution < -0.4 is 0 Å². The maximum Gasteiger partial charge on any atom is 0.432 e. The van der Waals surface area contributed by atoms with Gasteiger partial charge >= 0.3 is 12.1 Å². The number of ether oxygens (including phenoxy) is 1. The van der Waals surface area contributed by atoms with Crippen molar-refractivity contribution in [2.24, 2.45) is 7.05 Å². The van der Waals surface area contributed by atoms with E-state index in [1.54, 1.807) is 55.6 Å². The highest BCUT2D eigenvalue weighted by Gasteiger charge is 2.64. The van der Waals surface area contributed by atoms with E-state index in [2.05, 4.69) is 4.74 Å². The van der Waals surface area contributed by atoms with E-state index in [4.69, 9.17) is 0 Å². The number of alkyl halides is 3. The molecule has 3 rings (SSSR count). The number of methoxy groups -OCH3 is 1. The zero-order valence-corrected chi connectivity index (χ0v) is 14.0. The average molecular weight is 363 g/mol. The molecule has 0 amide bonds. The van der Waals surface area contributed by atoms with Crippen molar-refractivity contribution in [3.8, 4) is 11.3 Å². The van der Waals surface area contributed by atoms with E-state index in [1.807, 2.05) is 0 Å². The largest absolute Gasteiger partial charge is 0.466 e. The number of hydrogen-bond acceptors (Lipinski definition) is 3. The highest BCUT2D eigenvalue weighted by Crippen LogP contribution is 2.47. The van der Waals surface area contributed by atoms with E-state index in [1.165, 1.54) is 10.6 Å².